The summed E-state index contributed by atoms with van der Waals surface area (Å²) in [6, 6.07) is 7.14. The highest BCUT2D eigenvalue weighted by Crippen LogP contribution is 2.33. The molecule has 1 unspecified atom stereocenters. The van der Waals surface area contributed by atoms with Crippen molar-refractivity contribution in [2.45, 2.75) is 25.3 Å². The number of piperazine rings is 1. The van der Waals surface area contributed by atoms with E-state index in [1.54, 1.807) is 34.1 Å². The molecule has 0 bridgehead atoms. The Bertz CT molecular complexity index is 742. The molecule has 1 saturated carbocycles. The van der Waals surface area contributed by atoms with Gasteiger partial charge in [0, 0.05) is 55.9 Å². The number of likely N-dealkylation sites (tertiary alicyclic amines) is 1. The molecule has 1 aromatic rings. The summed E-state index contributed by atoms with van der Waals surface area (Å²) >= 11 is 5.85. The zero-order valence-corrected chi connectivity index (χ0v) is 15.8. The Balaban J connectivity index is 1.27. The summed E-state index contributed by atoms with van der Waals surface area (Å²) in [5.41, 5.74) is 0.688. The van der Waals surface area contributed by atoms with E-state index in [0.29, 0.717) is 55.9 Å². The van der Waals surface area contributed by atoms with Gasteiger partial charge in [0.1, 0.15) is 0 Å². The number of carbonyl (C=O) groups is 3. The van der Waals surface area contributed by atoms with E-state index < -0.39 is 0 Å². The lowest BCUT2D eigenvalue weighted by Gasteiger charge is -2.35. The lowest BCUT2D eigenvalue weighted by Crippen LogP contribution is -2.53. The van der Waals surface area contributed by atoms with Crippen LogP contribution in [-0.4, -0.2) is 71.3 Å². The molecule has 0 radical (unpaired) electrons. The number of carbonyl (C=O) groups excluding carboxylic acids is 3. The van der Waals surface area contributed by atoms with Crippen molar-refractivity contribution in [3.8, 4) is 0 Å². The van der Waals surface area contributed by atoms with Gasteiger partial charge in [-0.05, 0) is 37.1 Å². The molecule has 1 N–H and O–H groups in total. The Morgan fingerprint density at radius 2 is 1.63 bits per heavy atom. The second-order valence-electron chi connectivity index (χ2n) is 7.43. The second kappa shape index (κ2) is 7.38. The molecule has 2 saturated heterocycles. The lowest BCUT2D eigenvalue weighted by atomic mass is 10.1. The Labute approximate surface area is 163 Å². The van der Waals surface area contributed by atoms with Crippen LogP contribution in [0.5, 0.6) is 0 Å². The second-order valence-corrected chi connectivity index (χ2v) is 7.86. The Morgan fingerprint density at radius 3 is 2.26 bits per heavy atom. The van der Waals surface area contributed by atoms with Crippen LogP contribution in [0.4, 0.5) is 10.5 Å². The fourth-order valence-electron chi connectivity index (χ4n) is 3.76. The van der Waals surface area contributed by atoms with Crippen LogP contribution in [0.25, 0.3) is 0 Å². The molecule has 3 aliphatic rings. The largest absolute Gasteiger partial charge is 0.339 e. The Hall–Kier alpha value is -2.28. The number of amides is 4. The fourth-order valence-corrected chi connectivity index (χ4v) is 3.89. The molecular formula is C19H23ClN4O3. The molecule has 1 aromatic carbocycles. The third-order valence-electron chi connectivity index (χ3n) is 5.47. The monoisotopic (exact) mass is 390 g/mol. The maximum Gasteiger partial charge on any atom is 0.321 e. The molecule has 1 aliphatic carbocycles. The van der Waals surface area contributed by atoms with Crippen molar-refractivity contribution in [1.29, 1.82) is 0 Å². The van der Waals surface area contributed by atoms with Crippen LogP contribution in [-0.2, 0) is 9.59 Å². The first kappa shape index (κ1) is 18.1. The number of anilines is 1. The zero-order chi connectivity index (χ0) is 19.0. The number of benzene rings is 1. The maximum absolute atomic E-state index is 12.7. The van der Waals surface area contributed by atoms with Crippen LogP contribution in [0.3, 0.4) is 0 Å². The summed E-state index contributed by atoms with van der Waals surface area (Å²) < 4.78 is 0. The van der Waals surface area contributed by atoms with Crippen LogP contribution in [0.15, 0.2) is 24.3 Å². The van der Waals surface area contributed by atoms with Gasteiger partial charge >= 0.3 is 6.03 Å². The zero-order valence-electron chi connectivity index (χ0n) is 15.1. The first-order chi connectivity index (χ1) is 13.0. The molecule has 4 amide bonds. The van der Waals surface area contributed by atoms with E-state index in [0.717, 1.165) is 12.8 Å². The number of nitrogens with one attached hydrogen (secondary N) is 1. The highest BCUT2D eigenvalue weighted by Gasteiger charge is 2.43. The molecule has 3 fully saturated rings. The maximum atomic E-state index is 12.7. The van der Waals surface area contributed by atoms with E-state index in [1.165, 1.54) is 0 Å². The van der Waals surface area contributed by atoms with Crippen molar-refractivity contribution in [1.82, 2.24) is 14.7 Å². The van der Waals surface area contributed by atoms with Gasteiger partial charge < -0.3 is 20.0 Å². The molecule has 7 nitrogen and oxygen atoms in total. The van der Waals surface area contributed by atoms with Gasteiger partial charge in [-0.1, -0.05) is 11.6 Å². The van der Waals surface area contributed by atoms with E-state index in [1.807, 2.05) is 4.90 Å². The molecule has 1 atom stereocenters. The van der Waals surface area contributed by atoms with Crippen molar-refractivity contribution in [2.24, 2.45) is 5.92 Å². The number of urea groups is 1. The smallest absolute Gasteiger partial charge is 0.321 e. The number of nitrogens with zero attached hydrogens (tertiary/aromatic N) is 3. The van der Waals surface area contributed by atoms with Crippen molar-refractivity contribution < 1.29 is 14.4 Å². The van der Waals surface area contributed by atoms with E-state index in [-0.39, 0.29) is 23.8 Å². The van der Waals surface area contributed by atoms with Crippen LogP contribution in [0, 0.1) is 5.92 Å². The molecule has 144 valence electrons. The summed E-state index contributed by atoms with van der Waals surface area (Å²) in [4.78, 5) is 42.6. The summed E-state index contributed by atoms with van der Waals surface area (Å²) in [6.07, 6.45) is 2.45. The van der Waals surface area contributed by atoms with Gasteiger partial charge in [-0.15, -0.1) is 0 Å². The summed E-state index contributed by atoms with van der Waals surface area (Å²) in [6.45, 7) is 2.53. The van der Waals surface area contributed by atoms with Crippen LogP contribution in [0.2, 0.25) is 5.02 Å². The van der Waals surface area contributed by atoms with Gasteiger partial charge in [0.25, 0.3) is 0 Å². The molecule has 8 heteroatoms. The van der Waals surface area contributed by atoms with Crippen LogP contribution < -0.4 is 5.32 Å². The molecule has 2 heterocycles. The lowest BCUT2D eigenvalue weighted by molar-refractivity contribution is -0.137. The third kappa shape index (κ3) is 4.03. The van der Waals surface area contributed by atoms with Crippen molar-refractivity contribution in [3.05, 3.63) is 29.3 Å². The van der Waals surface area contributed by atoms with Crippen LogP contribution in [0.1, 0.15) is 19.3 Å². The minimum Gasteiger partial charge on any atom is -0.339 e. The number of halogens is 1. The average Bonchev–Trinajstić information content (AvgIpc) is 3.45. The molecule has 0 spiro atoms. The van der Waals surface area contributed by atoms with E-state index in [2.05, 4.69) is 5.32 Å². The normalized spacial score (nSPS) is 22.9. The number of rotatable bonds is 3. The highest BCUT2D eigenvalue weighted by atomic mass is 35.5. The molecule has 0 aromatic heterocycles. The van der Waals surface area contributed by atoms with E-state index in [4.69, 9.17) is 11.6 Å². The minimum atomic E-state index is -0.229. The Kier molecular flexibility index (Phi) is 4.95. The van der Waals surface area contributed by atoms with Gasteiger partial charge in [0.15, 0.2) is 0 Å². The van der Waals surface area contributed by atoms with Gasteiger partial charge in [0.05, 0.1) is 5.92 Å². The van der Waals surface area contributed by atoms with Crippen molar-refractivity contribution >= 4 is 35.1 Å². The standard InChI is InChI=1S/C19H23ClN4O3/c20-14-1-3-15(4-2-14)21-19(27)23-9-7-22(8-10-23)18(26)13-11-17(25)24(12-13)16-5-6-16/h1-4,13,16H,5-12H2,(H,21,27). The summed E-state index contributed by atoms with van der Waals surface area (Å²) in [7, 11) is 0. The summed E-state index contributed by atoms with van der Waals surface area (Å²) in [5.74, 6) is -0.0753. The van der Waals surface area contributed by atoms with E-state index >= 15 is 0 Å². The number of hydrogen-bond acceptors (Lipinski definition) is 3. The quantitative estimate of drug-likeness (QED) is 0.858. The highest BCUT2D eigenvalue weighted by molar-refractivity contribution is 6.30. The SMILES string of the molecule is O=C(Nc1ccc(Cl)cc1)N1CCN(C(=O)C2CC(=O)N(C3CC3)C2)CC1. The van der Waals surface area contributed by atoms with E-state index in [9.17, 15) is 14.4 Å². The Morgan fingerprint density at radius 1 is 1.00 bits per heavy atom. The average molecular weight is 391 g/mol. The minimum absolute atomic E-state index is 0.0456. The molecular weight excluding hydrogens is 368 g/mol. The first-order valence-electron chi connectivity index (χ1n) is 9.41. The van der Waals surface area contributed by atoms with Gasteiger partial charge in [-0.25, -0.2) is 4.79 Å². The van der Waals surface area contributed by atoms with Gasteiger partial charge in [0.2, 0.25) is 11.8 Å². The topological polar surface area (TPSA) is 73.0 Å². The van der Waals surface area contributed by atoms with Crippen molar-refractivity contribution in [2.75, 3.05) is 38.0 Å². The molecule has 27 heavy (non-hydrogen) atoms. The fraction of sp³-hybridized carbons (Fsp3) is 0.526. The molecule has 2 aliphatic heterocycles. The van der Waals surface area contributed by atoms with Gasteiger partial charge in [-0.3, -0.25) is 9.59 Å². The predicted octanol–water partition coefficient (Wildman–Crippen LogP) is 2.03. The first-order valence-corrected chi connectivity index (χ1v) is 9.79. The number of hydrogen-bond donors (Lipinski definition) is 1. The van der Waals surface area contributed by atoms with Crippen LogP contribution >= 0.6 is 11.6 Å². The summed E-state index contributed by atoms with van der Waals surface area (Å²) in [5, 5.41) is 3.46. The van der Waals surface area contributed by atoms with Crippen molar-refractivity contribution in [3.63, 3.8) is 0 Å². The predicted molar refractivity (Wildman–Crippen MR) is 101 cm³/mol. The third-order valence-corrected chi connectivity index (χ3v) is 5.72. The molecule has 4 rings (SSSR count). The van der Waals surface area contributed by atoms with Gasteiger partial charge in [-0.2, -0.15) is 0 Å².